The van der Waals surface area contributed by atoms with E-state index in [9.17, 15) is 10.1 Å². The van der Waals surface area contributed by atoms with Crippen molar-refractivity contribution in [2.45, 2.75) is 6.92 Å². The molecule has 0 radical (unpaired) electrons. The average Bonchev–Trinajstić information content (AvgIpc) is 3.18. The summed E-state index contributed by atoms with van der Waals surface area (Å²) in [7, 11) is 1.59. The molecular weight excluding hydrogens is 380 g/mol. The highest BCUT2D eigenvalue weighted by molar-refractivity contribution is 7.14. The molecule has 8 nitrogen and oxygen atoms in total. The second kappa shape index (κ2) is 8.96. The quantitative estimate of drug-likeness (QED) is 0.339. The van der Waals surface area contributed by atoms with Gasteiger partial charge in [0.25, 0.3) is 5.69 Å². The molecule has 2 aromatic carbocycles. The van der Waals surface area contributed by atoms with Crippen LogP contribution in [0, 0.1) is 10.1 Å². The summed E-state index contributed by atoms with van der Waals surface area (Å²) in [5, 5.41) is 17.4. The maximum absolute atomic E-state index is 10.7. The van der Waals surface area contributed by atoms with Crippen LogP contribution in [0.25, 0.3) is 11.3 Å². The number of hydrogen-bond acceptors (Lipinski definition) is 8. The number of non-ortho nitro benzene ring substituents is 1. The Morgan fingerprint density at radius 1 is 1.25 bits per heavy atom. The van der Waals surface area contributed by atoms with E-state index < -0.39 is 4.92 Å². The van der Waals surface area contributed by atoms with Crippen LogP contribution in [0.15, 0.2) is 52.9 Å². The molecule has 0 fully saturated rings. The van der Waals surface area contributed by atoms with Crippen LogP contribution in [0.3, 0.4) is 0 Å². The van der Waals surface area contributed by atoms with Gasteiger partial charge in [-0.3, -0.25) is 15.5 Å². The molecule has 0 atom stereocenters. The minimum absolute atomic E-state index is 0.0488. The van der Waals surface area contributed by atoms with E-state index in [2.05, 4.69) is 15.5 Å². The number of nitrogens with one attached hydrogen (secondary N) is 1. The number of hydrogen-bond donors (Lipinski definition) is 1. The minimum Gasteiger partial charge on any atom is -0.493 e. The zero-order chi connectivity index (χ0) is 19.9. The molecule has 1 heterocycles. The summed E-state index contributed by atoms with van der Waals surface area (Å²) in [6.45, 7) is 2.48. The second-order valence-corrected chi connectivity index (χ2v) is 6.41. The van der Waals surface area contributed by atoms with Gasteiger partial charge in [-0.25, -0.2) is 4.98 Å². The van der Waals surface area contributed by atoms with E-state index >= 15 is 0 Å². The van der Waals surface area contributed by atoms with Gasteiger partial charge in [-0.05, 0) is 42.8 Å². The zero-order valence-corrected chi connectivity index (χ0v) is 16.1. The fraction of sp³-hybridized carbons (Fsp3) is 0.158. The largest absolute Gasteiger partial charge is 0.493 e. The van der Waals surface area contributed by atoms with Gasteiger partial charge in [-0.1, -0.05) is 0 Å². The first kappa shape index (κ1) is 19.3. The molecule has 3 rings (SSSR count). The molecule has 3 aromatic rings. The maximum Gasteiger partial charge on any atom is 0.269 e. The lowest BCUT2D eigenvalue weighted by Crippen LogP contribution is -1.96. The Morgan fingerprint density at radius 2 is 2.04 bits per heavy atom. The molecule has 0 amide bonds. The summed E-state index contributed by atoms with van der Waals surface area (Å²) in [4.78, 5) is 14.7. The maximum atomic E-state index is 10.7. The van der Waals surface area contributed by atoms with Gasteiger partial charge in [0.1, 0.15) is 0 Å². The van der Waals surface area contributed by atoms with Crippen LogP contribution in [-0.2, 0) is 0 Å². The number of nitrogens with zero attached hydrogens (tertiary/aromatic N) is 3. The van der Waals surface area contributed by atoms with E-state index in [-0.39, 0.29) is 5.69 Å². The summed E-state index contributed by atoms with van der Waals surface area (Å²) in [6, 6.07) is 11.8. The predicted molar refractivity (Wildman–Crippen MR) is 110 cm³/mol. The molecule has 0 spiro atoms. The highest BCUT2D eigenvalue weighted by atomic mass is 32.1. The SMILES string of the molecule is CCOc1ccc(/C=N/Nc2nc(-c3ccc([N+](=O)[O-])cc3)cs2)cc1OC. The normalized spacial score (nSPS) is 10.8. The number of benzene rings is 2. The fourth-order valence-electron chi connectivity index (χ4n) is 2.41. The molecule has 0 aliphatic carbocycles. The number of rotatable bonds is 8. The molecule has 28 heavy (non-hydrogen) atoms. The lowest BCUT2D eigenvalue weighted by molar-refractivity contribution is -0.384. The van der Waals surface area contributed by atoms with Crippen molar-refractivity contribution in [2.75, 3.05) is 19.1 Å². The van der Waals surface area contributed by atoms with Crippen molar-refractivity contribution >= 4 is 28.4 Å². The average molecular weight is 398 g/mol. The minimum atomic E-state index is -0.428. The zero-order valence-electron chi connectivity index (χ0n) is 15.3. The molecule has 1 aromatic heterocycles. The van der Waals surface area contributed by atoms with E-state index in [1.807, 2.05) is 30.5 Å². The highest BCUT2D eigenvalue weighted by Crippen LogP contribution is 2.28. The Balaban J connectivity index is 1.66. The lowest BCUT2D eigenvalue weighted by atomic mass is 10.1. The van der Waals surface area contributed by atoms with Crippen LogP contribution in [0.5, 0.6) is 11.5 Å². The molecule has 9 heteroatoms. The van der Waals surface area contributed by atoms with Crippen LogP contribution >= 0.6 is 11.3 Å². The van der Waals surface area contributed by atoms with Gasteiger partial charge in [0.15, 0.2) is 11.5 Å². The first-order valence-electron chi connectivity index (χ1n) is 8.41. The van der Waals surface area contributed by atoms with Gasteiger partial charge >= 0.3 is 0 Å². The number of nitro benzene ring substituents is 1. The number of ether oxygens (including phenoxy) is 2. The topological polar surface area (TPSA) is 98.9 Å². The smallest absolute Gasteiger partial charge is 0.269 e. The number of anilines is 1. The summed E-state index contributed by atoms with van der Waals surface area (Å²) < 4.78 is 10.8. The van der Waals surface area contributed by atoms with Crippen molar-refractivity contribution in [3.05, 3.63) is 63.5 Å². The number of aromatic nitrogens is 1. The van der Waals surface area contributed by atoms with E-state index in [0.717, 1.165) is 16.8 Å². The third-order valence-corrected chi connectivity index (χ3v) is 4.49. The molecule has 144 valence electrons. The fourth-order valence-corrected chi connectivity index (χ4v) is 3.08. The summed E-state index contributed by atoms with van der Waals surface area (Å²) in [5.74, 6) is 1.32. The molecule has 0 saturated carbocycles. The Bertz CT molecular complexity index is 986. The third-order valence-electron chi connectivity index (χ3n) is 3.74. The Kier molecular flexibility index (Phi) is 6.18. The monoisotopic (exact) mass is 398 g/mol. The number of nitro groups is 1. The molecule has 0 bridgehead atoms. The van der Waals surface area contributed by atoms with Gasteiger partial charge in [0.05, 0.1) is 30.5 Å². The van der Waals surface area contributed by atoms with Gasteiger partial charge < -0.3 is 9.47 Å². The van der Waals surface area contributed by atoms with Gasteiger partial charge in [-0.15, -0.1) is 11.3 Å². The molecule has 1 N–H and O–H groups in total. The molecule has 0 unspecified atom stereocenters. The van der Waals surface area contributed by atoms with Crippen molar-refractivity contribution in [2.24, 2.45) is 5.10 Å². The van der Waals surface area contributed by atoms with E-state index in [0.29, 0.717) is 23.2 Å². The van der Waals surface area contributed by atoms with Crippen LogP contribution < -0.4 is 14.9 Å². The van der Waals surface area contributed by atoms with Gasteiger partial charge in [0, 0.05) is 23.1 Å². The van der Waals surface area contributed by atoms with Crippen molar-refractivity contribution in [3.63, 3.8) is 0 Å². The summed E-state index contributed by atoms with van der Waals surface area (Å²) >= 11 is 1.39. The Labute approximate surface area is 165 Å². The van der Waals surface area contributed by atoms with Gasteiger partial charge in [-0.2, -0.15) is 5.10 Å². The predicted octanol–water partition coefficient (Wildman–Crippen LogP) is 4.57. The van der Waals surface area contributed by atoms with Crippen LogP contribution in [-0.4, -0.2) is 29.8 Å². The van der Waals surface area contributed by atoms with Crippen molar-refractivity contribution in [1.29, 1.82) is 0 Å². The van der Waals surface area contributed by atoms with Crippen molar-refractivity contribution < 1.29 is 14.4 Å². The number of methoxy groups -OCH3 is 1. The first-order chi connectivity index (χ1) is 13.6. The third kappa shape index (κ3) is 4.63. The van der Waals surface area contributed by atoms with Crippen LogP contribution in [0.2, 0.25) is 0 Å². The highest BCUT2D eigenvalue weighted by Gasteiger charge is 2.08. The van der Waals surface area contributed by atoms with Crippen LogP contribution in [0.1, 0.15) is 12.5 Å². The molecule has 0 aliphatic rings. The summed E-state index contributed by atoms with van der Waals surface area (Å²) in [5.41, 5.74) is 5.31. The summed E-state index contributed by atoms with van der Waals surface area (Å²) in [6.07, 6.45) is 1.66. The number of hydrazone groups is 1. The standard InChI is InChI=1S/C19H18N4O4S/c1-3-27-17-9-4-13(10-18(17)26-2)11-20-22-19-21-16(12-28-19)14-5-7-15(8-6-14)23(24)25/h4-12H,3H2,1-2H3,(H,21,22)/b20-11+. The Morgan fingerprint density at radius 3 is 2.71 bits per heavy atom. The van der Waals surface area contributed by atoms with Crippen molar-refractivity contribution in [3.8, 4) is 22.8 Å². The molecule has 0 saturated heterocycles. The van der Waals surface area contributed by atoms with Gasteiger partial charge in [0.2, 0.25) is 5.13 Å². The molecule has 0 aliphatic heterocycles. The van der Waals surface area contributed by atoms with Crippen LogP contribution in [0.4, 0.5) is 10.8 Å². The molecular formula is C19H18N4O4S. The second-order valence-electron chi connectivity index (χ2n) is 5.56. The lowest BCUT2D eigenvalue weighted by Gasteiger charge is -2.09. The van der Waals surface area contributed by atoms with E-state index in [1.165, 1.54) is 23.5 Å². The van der Waals surface area contributed by atoms with E-state index in [1.54, 1.807) is 25.5 Å². The van der Waals surface area contributed by atoms with E-state index in [4.69, 9.17) is 9.47 Å². The Hall–Kier alpha value is -3.46. The first-order valence-corrected chi connectivity index (χ1v) is 9.29. The number of thiazole rings is 1. The van der Waals surface area contributed by atoms with Crippen molar-refractivity contribution in [1.82, 2.24) is 4.98 Å².